The van der Waals surface area contributed by atoms with Gasteiger partial charge in [0, 0.05) is 26.6 Å². The lowest BCUT2D eigenvalue weighted by Crippen LogP contribution is -2.40. The topological polar surface area (TPSA) is 140 Å². The van der Waals surface area contributed by atoms with E-state index >= 15 is 0 Å². The second-order valence-corrected chi connectivity index (χ2v) is 9.58. The number of nitrogens with zero attached hydrogens (tertiary/aromatic N) is 2. The highest BCUT2D eigenvalue weighted by Gasteiger charge is 2.24. The van der Waals surface area contributed by atoms with Gasteiger partial charge in [-0.3, -0.25) is 19.2 Å². The second kappa shape index (κ2) is 13.2. The summed E-state index contributed by atoms with van der Waals surface area (Å²) in [6, 6.07) is 6.54. The fraction of sp³-hybridized carbons (Fsp3) is 0.393. The quantitative estimate of drug-likeness (QED) is 0.354. The van der Waals surface area contributed by atoms with E-state index in [1.165, 1.54) is 38.3 Å². The summed E-state index contributed by atoms with van der Waals surface area (Å²) in [7, 11) is 1.33. The van der Waals surface area contributed by atoms with Gasteiger partial charge in [-0.25, -0.2) is 13.8 Å². The fourth-order valence-electron chi connectivity index (χ4n) is 4.56. The van der Waals surface area contributed by atoms with Crippen molar-refractivity contribution in [2.75, 3.05) is 33.4 Å². The lowest BCUT2D eigenvalue weighted by atomic mass is 9.94. The fourth-order valence-corrected chi connectivity index (χ4v) is 4.56. The number of hydrogen-bond donors (Lipinski definition) is 2. The molecule has 1 fully saturated rings. The normalized spacial score (nSPS) is 13.6. The van der Waals surface area contributed by atoms with Crippen molar-refractivity contribution in [3.05, 3.63) is 63.7 Å². The third-order valence-electron chi connectivity index (χ3n) is 6.80. The molecule has 1 aromatic heterocycles. The lowest BCUT2D eigenvalue weighted by Gasteiger charge is -2.31. The summed E-state index contributed by atoms with van der Waals surface area (Å²) < 4.78 is 43.7. The number of H-pyrrole nitrogens is 1. The van der Waals surface area contributed by atoms with Gasteiger partial charge < -0.3 is 29.4 Å². The largest absolute Gasteiger partial charge is 0.494 e. The van der Waals surface area contributed by atoms with Crippen LogP contribution in [0.3, 0.4) is 0 Å². The summed E-state index contributed by atoms with van der Waals surface area (Å²) in [5.41, 5.74) is -0.0900. The van der Waals surface area contributed by atoms with E-state index in [9.17, 15) is 28.0 Å². The number of carbonyl (C=O) groups excluding carboxylic acids is 3. The summed E-state index contributed by atoms with van der Waals surface area (Å²) in [6.07, 6.45) is 1.98. The molecule has 0 bridgehead atoms. The molecule has 13 heteroatoms. The van der Waals surface area contributed by atoms with Crippen LogP contribution < -0.4 is 20.3 Å². The van der Waals surface area contributed by atoms with Crippen molar-refractivity contribution >= 4 is 28.7 Å². The summed E-state index contributed by atoms with van der Waals surface area (Å²) in [4.78, 5) is 56.8. The Morgan fingerprint density at radius 2 is 1.85 bits per heavy atom. The van der Waals surface area contributed by atoms with Crippen LogP contribution in [-0.2, 0) is 20.9 Å². The Morgan fingerprint density at radius 3 is 2.56 bits per heavy atom. The molecule has 218 valence electrons. The van der Waals surface area contributed by atoms with Crippen molar-refractivity contribution in [2.45, 2.75) is 32.7 Å². The average Bonchev–Trinajstić information content (AvgIpc) is 2.96. The van der Waals surface area contributed by atoms with Gasteiger partial charge >= 0.3 is 5.97 Å². The van der Waals surface area contributed by atoms with E-state index in [0.717, 1.165) is 6.07 Å². The molecule has 3 aromatic rings. The molecule has 11 nitrogen and oxygen atoms in total. The van der Waals surface area contributed by atoms with Crippen LogP contribution >= 0.6 is 0 Å². The van der Waals surface area contributed by atoms with Crippen LogP contribution in [-0.4, -0.2) is 66.1 Å². The maximum atomic E-state index is 14.7. The van der Waals surface area contributed by atoms with Gasteiger partial charge in [-0.1, -0.05) is 6.07 Å². The summed E-state index contributed by atoms with van der Waals surface area (Å²) in [5.74, 6) is -3.00. The molecule has 0 spiro atoms. The number of rotatable bonds is 10. The zero-order chi connectivity index (χ0) is 29.5. The standard InChI is InChI=1S/C28H30F2N4O7/c1-16(35)41-15-23(36)34-10-7-17(8-11-34)9-12-40-25-20(30)5-6-21-24(25)27(37)33-26(32-21)28(38)31-14-18-3-4-19(29)22(13-18)39-2/h3-6,13,17H,7-12,14-15H2,1-2H3,(H,31,38)(H,32,33,37). The van der Waals surface area contributed by atoms with E-state index in [0.29, 0.717) is 37.9 Å². The Hall–Kier alpha value is -4.55. The van der Waals surface area contributed by atoms with Gasteiger partial charge in [0.2, 0.25) is 0 Å². The Bertz CT molecular complexity index is 1500. The molecule has 0 saturated carbocycles. The SMILES string of the molecule is COc1cc(CNC(=O)c2nc3ccc(F)c(OCCC4CCN(C(=O)COC(C)=O)CC4)c3c(=O)[nH]2)ccc1F. The number of carbonyl (C=O) groups is 3. The first-order valence-corrected chi connectivity index (χ1v) is 13.0. The van der Waals surface area contributed by atoms with E-state index < -0.39 is 29.1 Å². The van der Waals surface area contributed by atoms with Gasteiger partial charge in [0.05, 0.1) is 19.2 Å². The zero-order valence-electron chi connectivity index (χ0n) is 22.6. The molecule has 4 rings (SSSR count). The van der Waals surface area contributed by atoms with Crippen LogP contribution in [0.2, 0.25) is 0 Å². The molecule has 2 heterocycles. The minimum atomic E-state index is -0.738. The molecule has 1 saturated heterocycles. The monoisotopic (exact) mass is 572 g/mol. The molecule has 1 aliphatic heterocycles. The van der Waals surface area contributed by atoms with Crippen LogP contribution in [0.4, 0.5) is 8.78 Å². The molecule has 1 aliphatic rings. The van der Waals surface area contributed by atoms with E-state index in [1.54, 1.807) is 4.90 Å². The first-order valence-electron chi connectivity index (χ1n) is 13.0. The molecule has 2 N–H and O–H groups in total. The Balaban J connectivity index is 1.36. The molecule has 0 aliphatic carbocycles. The highest BCUT2D eigenvalue weighted by Crippen LogP contribution is 2.27. The molecule has 0 radical (unpaired) electrons. The third-order valence-corrected chi connectivity index (χ3v) is 6.80. The minimum absolute atomic E-state index is 0.0221. The number of ether oxygens (including phenoxy) is 3. The number of fused-ring (bicyclic) bond motifs is 1. The van der Waals surface area contributed by atoms with Crippen LogP contribution in [0.15, 0.2) is 35.1 Å². The van der Waals surface area contributed by atoms with Crippen molar-refractivity contribution in [1.82, 2.24) is 20.2 Å². The van der Waals surface area contributed by atoms with Gasteiger partial charge in [-0.05, 0) is 55.0 Å². The van der Waals surface area contributed by atoms with Gasteiger partial charge in [0.15, 0.2) is 35.6 Å². The number of aromatic amines is 1. The Labute approximate surface area is 233 Å². The lowest BCUT2D eigenvalue weighted by molar-refractivity contribution is -0.150. The van der Waals surface area contributed by atoms with Crippen molar-refractivity contribution in [1.29, 1.82) is 0 Å². The molecule has 41 heavy (non-hydrogen) atoms. The number of esters is 1. The predicted molar refractivity (Wildman–Crippen MR) is 142 cm³/mol. The molecular formula is C28H30F2N4O7. The molecule has 0 unspecified atom stereocenters. The number of piperidine rings is 1. The molecular weight excluding hydrogens is 542 g/mol. The maximum Gasteiger partial charge on any atom is 0.303 e. The summed E-state index contributed by atoms with van der Waals surface area (Å²) >= 11 is 0. The van der Waals surface area contributed by atoms with Gasteiger partial charge in [0.1, 0.15) is 5.39 Å². The number of hydrogen-bond acceptors (Lipinski definition) is 8. The smallest absolute Gasteiger partial charge is 0.303 e. The van der Waals surface area contributed by atoms with Crippen molar-refractivity contribution in [3.8, 4) is 11.5 Å². The minimum Gasteiger partial charge on any atom is -0.494 e. The van der Waals surface area contributed by atoms with E-state index in [1.807, 2.05) is 0 Å². The first kappa shape index (κ1) is 29.4. The van der Waals surface area contributed by atoms with Crippen LogP contribution in [0.1, 0.15) is 42.4 Å². The number of halogens is 2. The van der Waals surface area contributed by atoms with Gasteiger partial charge in [-0.2, -0.15) is 0 Å². The van der Waals surface area contributed by atoms with Crippen LogP contribution in [0, 0.1) is 17.6 Å². The number of amides is 2. The first-order chi connectivity index (χ1) is 19.7. The maximum absolute atomic E-state index is 14.7. The highest BCUT2D eigenvalue weighted by atomic mass is 19.1. The number of benzene rings is 2. The summed E-state index contributed by atoms with van der Waals surface area (Å²) in [6.45, 7) is 2.14. The third kappa shape index (κ3) is 7.35. The zero-order valence-corrected chi connectivity index (χ0v) is 22.6. The van der Waals surface area contributed by atoms with E-state index in [4.69, 9.17) is 14.2 Å². The Morgan fingerprint density at radius 1 is 1.12 bits per heavy atom. The number of nitrogens with one attached hydrogen (secondary N) is 2. The van der Waals surface area contributed by atoms with E-state index in [-0.39, 0.29) is 59.8 Å². The second-order valence-electron chi connectivity index (χ2n) is 9.58. The van der Waals surface area contributed by atoms with Gasteiger partial charge in [-0.15, -0.1) is 0 Å². The van der Waals surface area contributed by atoms with E-state index in [2.05, 4.69) is 15.3 Å². The number of likely N-dealkylation sites (tertiary alicyclic amines) is 1. The van der Waals surface area contributed by atoms with Crippen molar-refractivity contribution < 1.29 is 37.4 Å². The molecule has 2 amide bonds. The Kier molecular flexibility index (Phi) is 9.48. The van der Waals surface area contributed by atoms with Crippen molar-refractivity contribution in [3.63, 3.8) is 0 Å². The van der Waals surface area contributed by atoms with Crippen LogP contribution in [0.25, 0.3) is 10.9 Å². The van der Waals surface area contributed by atoms with Crippen molar-refractivity contribution in [2.24, 2.45) is 5.92 Å². The highest BCUT2D eigenvalue weighted by molar-refractivity contribution is 5.93. The number of methoxy groups -OCH3 is 1. The number of aromatic nitrogens is 2. The predicted octanol–water partition coefficient (Wildman–Crippen LogP) is 2.71. The molecule has 0 atom stereocenters. The summed E-state index contributed by atoms with van der Waals surface area (Å²) in [5, 5.41) is 2.48. The molecule has 2 aromatic carbocycles. The average molecular weight is 573 g/mol. The van der Waals surface area contributed by atoms with Crippen LogP contribution in [0.5, 0.6) is 11.5 Å². The van der Waals surface area contributed by atoms with Gasteiger partial charge in [0.25, 0.3) is 17.4 Å².